The van der Waals surface area contributed by atoms with Gasteiger partial charge < -0.3 is 10.6 Å². The molecular weight excluding hydrogens is 240 g/mol. The van der Waals surface area contributed by atoms with E-state index < -0.39 is 6.04 Å². The molecule has 4 heteroatoms. The lowest BCUT2D eigenvalue weighted by atomic mass is 10.0. The highest BCUT2D eigenvalue weighted by Gasteiger charge is 2.16. The molecule has 0 bridgehead atoms. The summed E-state index contributed by atoms with van der Waals surface area (Å²) < 4.78 is 0. The Morgan fingerprint density at radius 3 is 2.47 bits per heavy atom. The summed E-state index contributed by atoms with van der Waals surface area (Å²) >= 11 is 0. The molecule has 2 amide bonds. The number of hydrogen-bond acceptors (Lipinski definition) is 2. The molecule has 0 heterocycles. The van der Waals surface area contributed by atoms with E-state index in [1.54, 1.807) is 7.05 Å². The second-order valence-electron chi connectivity index (χ2n) is 3.83. The van der Waals surface area contributed by atoms with Crippen LogP contribution in [0.25, 0.3) is 0 Å². The van der Waals surface area contributed by atoms with E-state index in [0.717, 1.165) is 12.0 Å². The minimum absolute atomic E-state index is 0.181. The number of likely N-dealkylation sites (N-methyl/N-ethyl adjacent to an activating group) is 1. The van der Waals surface area contributed by atoms with Crippen molar-refractivity contribution in [2.75, 3.05) is 7.05 Å². The monoisotopic (exact) mass is 264 g/mol. The third-order valence-corrected chi connectivity index (χ3v) is 2.67. The quantitative estimate of drug-likeness (QED) is 0.768. The number of nitrogens with one attached hydrogen (secondary N) is 2. The van der Waals surface area contributed by atoms with Crippen molar-refractivity contribution in [3.63, 3.8) is 0 Å². The van der Waals surface area contributed by atoms with E-state index in [0.29, 0.717) is 12.8 Å². The topological polar surface area (TPSA) is 58.2 Å². The lowest BCUT2D eigenvalue weighted by Gasteiger charge is -2.14. The van der Waals surface area contributed by atoms with E-state index in [1.165, 1.54) is 5.56 Å². The first-order chi connectivity index (χ1) is 9.21. The fraction of sp³-hybridized carbons (Fsp3) is 0.467. The van der Waals surface area contributed by atoms with Gasteiger partial charge in [-0.3, -0.25) is 9.59 Å². The maximum Gasteiger partial charge on any atom is 0.242 e. The van der Waals surface area contributed by atoms with E-state index >= 15 is 0 Å². The summed E-state index contributed by atoms with van der Waals surface area (Å²) in [6.45, 7) is 6.08. The van der Waals surface area contributed by atoms with Gasteiger partial charge in [-0.1, -0.05) is 45.0 Å². The predicted molar refractivity (Wildman–Crippen MR) is 77.9 cm³/mol. The first-order valence-corrected chi connectivity index (χ1v) is 6.70. The van der Waals surface area contributed by atoms with Crippen molar-refractivity contribution in [2.45, 2.75) is 39.7 Å². The van der Waals surface area contributed by atoms with Gasteiger partial charge in [-0.25, -0.2) is 0 Å². The number of amides is 2. The van der Waals surface area contributed by atoms with Gasteiger partial charge in [0.25, 0.3) is 0 Å². The molecule has 0 fully saturated rings. The van der Waals surface area contributed by atoms with Crippen LogP contribution < -0.4 is 10.6 Å². The highest BCUT2D eigenvalue weighted by Crippen LogP contribution is 2.08. The van der Waals surface area contributed by atoms with Gasteiger partial charge in [-0.2, -0.15) is 0 Å². The predicted octanol–water partition coefficient (Wildman–Crippen LogP) is 1.68. The molecule has 1 aromatic rings. The Bertz CT molecular complexity index is 391. The number of carbonyl (C=O) groups is 2. The van der Waals surface area contributed by atoms with Gasteiger partial charge in [-0.15, -0.1) is 0 Å². The van der Waals surface area contributed by atoms with E-state index in [2.05, 4.69) is 23.6 Å². The zero-order chi connectivity index (χ0) is 14.7. The van der Waals surface area contributed by atoms with Gasteiger partial charge >= 0.3 is 0 Å². The van der Waals surface area contributed by atoms with Crippen LogP contribution in [0.4, 0.5) is 0 Å². The Morgan fingerprint density at radius 2 is 1.95 bits per heavy atom. The van der Waals surface area contributed by atoms with Crippen molar-refractivity contribution in [1.82, 2.24) is 10.6 Å². The van der Waals surface area contributed by atoms with Crippen LogP contribution in [0.3, 0.4) is 0 Å². The Hall–Kier alpha value is -1.84. The average Bonchev–Trinajstić information content (AvgIpc) is 2.48. The summed E-state index contributed by atoms with van der Waals surface area (Å²) in [5, 5.41) is 5.07. The van der Waals surface area contributed by atoms with Gasteiger partial charge in [0.1, 0.15) is 6.04 Å². The number of hydrogen-bond donors (Lipinski definition) is 2. The zero-order valence-electron chi connectivity index (χ0n) is 12.2. The van der Waals surface area contributed by atoms with Crippen LogP contribution in [-0.2, 0) is 22.4 Å². The van der Waals surface area contributed by atoms with Crippen molar-refractivity contribution in [3.05, 3.63) is 35.4 Å². The highest BCUT2D eigenvalue weighted by molar-refractivity contribution is 5.83. The third kappa shape index (κ3) is 6.04. The summed E-state index contributed by atoms with van der Waals surface area (Å²) in [6, 6.07) is 7.52. The molecule has 1 atom stereocenters. The number of benzene rings is 1. The molecule has 1 unspecified atom stereocenters. The van der Waals surface area contributed by atoms with Crippen LogP contribution in [-0.4, -0.2) is 25.4 Å². The second-order valence-corrected chi connectivity index (χ2v) is 3.83. The first-order valence-electron chi connectivity index (χ1n) is 6.70. The Labute approximate surface area is 115 Å². The molecule has 4 nitrogen and oxygen atoms in total. The molecule has 0 aliphatic heterocycles. The van der Waals surface area contributed by atoms with Crippen LogP contribution in [0.2, 0.25) is 0 Å². The Balaban J connectivity index is 0.00000154. The molecule has 0 saturated heterocycles. The van der Waals surface area contributed by atoms with Crippen LogP contribution in [0.5, 0.6) is 0 Å². The van der Waals surface area contributed by atoms with Gasteiger partial charge in [0, 0.05) is 13.5 Å². The summed E-state index contributed by atoms with van der Waals surface area (Å²) in [4.78, 5) is 22.0. The zero-order valence-corrected chi connectivity index (χ0v) is 12.2. The van der Waals surface area contributed by atoms with E-state index in [9.17, 15) is 9.59 Å². The molecule has 0 aliphatic carbocycles. The van der Waals surface area contributed by atoms with Crippen LogP contribution in [0, 0.1) is 0 Å². The average molecular weight is 264 g/mol. The lowest BCUT2D eigenvalue weighted by Crippen LogP contribution is -2.43. The number of carbonyl (C=O) groups excluding carboxylic acids is 2. The van der Waals surface area contributed by atoms with E-state index in [4.69, 9.17) is 0 Å². The molecular formula is C15H24N2O2. The largest absolute Gasteiger partial charge is 0.357 e. The summed E-state index contributed by atoms with van der Waals surface area (Å²) in [5.41, 5.74) is 2.27. The van der Waals surface area contributed by atoms with E-state index in [1.807, 2.05) is 32.0 Å². The summed E-state index contributed by atoms with van der Waals surface area (Å²) in [7, 11) is 1.56. The molecule has 106 valence electrons. The Kier molecular flexibility index (Phi) is 9.14. The van der Waals surface area contributed by atoms with Gasteiger partial charge in [0.15, 0.2) is 0 Å². The Morgan fingerprint density at radius 1 is 1.32 bits per heavy atom. The van der Waals surface area contributed by atoms with Crippen molar-refractivity contribution in [1.29, 1.82) is 0 Å². The van der Waals surface area contributed by atoms with Crippen molar-refractivity contribution >= 4 is 12.3 Å². The molecule has 2 N–H and O–H groups in total. The highest BCUT2D eigenvalue weighted by atomic mass is 16.2. The van der Waals surface area contributed by atoms with Crippen LogP contribution >= 0.6 is 0 Å². The minimum atomic E-state index is -0.510. The molecule has 0 aliphatic rings. The van der Waals surface area contributed by atoms with Gasteiger partial charge in [-0.05, 0) is 17.5 Å². The SMILES string of the molecule is CC.CCc1cccc(CC(NC=O)C(=O)NC)c1. The molecule has 0 spiro atoms. The van der Waals surface area contributed by atoms with Gasteiger partial charge in [0.2, 0.25) is 12.3 Å². The smallest absolute Gasteiger partial charge is 0.242 e. The summed E-state index contributed by atoms with van der Waals surface area (Å²) in [5.74, 6) is -0.181. The molecule has 0 saturated carbocycles. The minimum Gasteiger partial charge on any atom is -0.357 e. The third-order valence-electron chi connectivity index (χ3n) is 2.67. The maximum absolute atomic E-state index is 11.5. The molecule has 1 rings (SSSR count). The fourth-order valence-electron chi connectivity index (χ4n) is 1.70. The first kappa shape index (κ1) is 17.2. The fourth-order valence-corrected chi connectivity index (χ4v) is 1.70. The molecule has 0 aromatic heterocycles. The molecule has 19 heavy (non-hydrogen) atoms. The summed E-state index contributed by atoms with van der Waals surface area (Å²) in [6.07, 6.45) is 2.02. The standard InChI is InChI=1S/C13H18N2O2.C2H6/c1-3-10-5-4-6-11(7-10)8-12(15-9-16)13(17)14-2;1-2/h4-7,9,12H,3,8H2,1-2H3,(H,14,17)(H,15,16);1-2H3. The van der Waals surface area contributed by atoms with Crippen LogP contribution in [0.15, 0.2) is 24.3 Å². The second kappa shape index (κ2) is 10.1. The molecule has 0 radical (unpaired) electrons. The maximum atomic E-state index is 11.5. The van der Waals surface area contributed by atoms with Gasteiger partial charge in [0.05, 0.1) is 0 Å². The van der Waals surface area contributed by atoms with Crippen molar-refractivity contribution < 1.29 is 9.59 Å². The number of aryl methyl sites for hydroxylation is 1. The van der Waals surface area contributed by atoms with E-state index in [-0.39, 0.29) is 5.91 Å². The van der Waals surface area contributed by atoms with Crippen molar-refractivity contribution in [3.8, 4) is 0 Å². The van der Waals surface area contributed by atoms with Crippen LogP contribution in [0.1, 0.15) is 31.9 Å². The lowest BCUT2D eigenvalue weighted by molar-refractivity contribution is -0.124. The molecule has 1 aromatic carbocycles. The van der Waals surface area contributed by atoms with Crippen molar-refractivity contribution in [2.24, 2.45) is 0 Å². The normalized spacial score (nSPS) is 10.7. The number of rotatable bonds is 6.